The van der Waals surface area contributed by atoms with Gasteiger partial charge in [0.15, 0.2) is 0 Å². The predicted octanol–water partition coefficient (Wildman–Crippen LogP) is 2.73. The molecule has 0 aromatic heterocycles. The monoisotopic (exact) mass is 271 g/mol. The van der Waals surface area contributed by atoms with Gasteiger partial charge in [-0.1, -0.05) is 13.3 Å². The molecule has 1 aliphatic heterocycles. The van der Waals surface area contributed by atoms with E-state index >= 15 is 0 Å². The molecule has 0 spiro atoms. The molecular weight excluding hydrogens is 246 g/mol. The van der Waals surface area contributed by atoms with E-state index in [-0.39, 0.29) is 24.2 Å². The van der Waals surface area contributed by atoms with Gasteiger partial charge >= 0.3 is 12.1 Å². The van der Waals surface area contributed by atoms with Crippen LogP contribution in [-0.4, -0.2) is 42.8 Å². The number of nitrogens with zero attached hydrogens (tertiary/aromatic N) is 1. The molecule has 1 heterocycles. The Labute approximate surface area is 115 Å². The van der Waals surface area contributed by atoms with Gasteiger partial charge in [0.25, 0.3) is 0 Å². The minimum absolute atomic E-state index is 0.0993. The van der Waals surface area contributed by atoms with Gasteiger partial charge in [0.2, 0.25) is 0 Å². The van der Waals surface area contributed by atoms with E-state index in [1.54, 1.807) is 4.90 Å². The summed E-state index contributed by atoms with van der Waals surface area (Å²) < 4.78 is 10.2. The molecule has 0 bridgehead atoms. The number of methoxy groups -OCH3 is 1. The molecule has 1 saturated heterocycles. The lowest BCUT2D eigenvalue weighted by Gasteiger charge is -2.36. The standard InChI is InChI=1S/C14H25NO4/c1-4-7-13(19-11(2)16)10-12-8-5-6-9-15(12)14(17)18-3/h12-13H,4-10H2,1-3H3/t12-,13+/m1/s1. The van der Waals surface area contributed by atoms with Crippen molar-refractivity contribution in [3.05, 3.63) is 0 Å². The molecule has 0 aliphatic carbocycles. The molecular formula is C14H25NO4. The predicted molar refractivity (Wildman–Crippen MR) is 71.8 cm³/mol. The third-order valence-corrected chi connectivity index (χ3v) is 3.51. The Morgan fingerprint density at radius 3 is 2.68 bits per heavy atom. The molecule has 110 valence electrons. The lowest BCUT2D eigenvalue weighted by Crippen LogP contribution is -2.45. The summed E-state index contributed by atoms with van der Waals surface area (Å²) in [7, 11) is 1.41. The lowest BCUT2D eigenvalue weighted by molar-refractivity contribution is -0.147. The van der Waals surface area contributed by atoms with E-state index in [1.165, 1.54) is 14.0 Å². The minimum Gasteiger partial charge on any atom is -0.462 e. The van der Waals surface area contributed by atoms with Crippen molar-refractivity contribution in [3.63, 3.8) is 0 Å². The van der Waals surface area contributed by atoms with E-state index in [4.69, 9.17) is 9.47 Å². The summed E-state index contributed by atoms with van der Waals surface area (Å²) in [6.07, 6.45) is 5.21. The normalized spacial score (nSPS) is 20.8. The molecule has 1 fully saturated rings. The Hall–Kier alpha value is -1.26. The van der Waals surface area contributed by atoms with Gasteiger partial charge in [-0.2, -0.15) is 0 Å². The van der Waals surface area contributed by atoms with Gasteiger partial charge in [0.1, 0.15) is 6.10 Å². The number of carbonyl (C=O) groups excluding carboxylic acids is 2. The van der Waals surface area contributed by atoms with E-state index in [0.717, 1.165) is 38.6 Å². The average Bonchev–Trinajstić information content (AvgIpc) is 2.38. The fourth-order valence-corrected chi connectivity index (χ4v) is 2.69. The smallest absolute Gasteiger partial charge is 0.409 e. The SMILES string of the molecule is CCC[C@@H](C[C@H]1CCCCN1C(=O)OC)OC(C)=O. The van der Waals surface area contributed by atoms with Gasteiger partial charge in [-0.25, -0.2) is 4.79 Å². The molecule has 5 heteroatoms. The molecule has 5 nitrogen and oxygen atoms in total. The first kappa shape index (κ1) is 15.8. The molecule has 1 amide bonds. The second kappa shape index (κ2) is 8.02. The molecule has 19 heavy (non-hydrogen) atoms. The van der Waals surface area contributed by atoms with Crippen LogP contribution in [0.2, 0.25) is 0 Å². The van der Waals surface area contributed by atoms with E-state index < -0.39 is 0 Å². The number of likely N-dealkylation sites (tertiary alicyclic amines) is 1. The summed E-state index contributed by atoms with van der Waals surface area (Å²) in [5.41, 5.74) is 0. The van der Waals surface area contributed by atoms with Crippen LogP contribution in [0.3, 0.4) is 0 Å². The number of piperidine rings is 1. The van der Waals surface area contributed by atoms with Gasteiger partial charge < -0.3 is 14.4 Å². The summed E-state index contributed by atoms with van der Waals surface area (Å²) in [5.74, 6) is -0.251. The number of ether oxygens (including phenoxy) is 2. The molecule has 0 aromatic rings. The molecule has 0 unspecified atom stereocenters. The number of hydrogen-bond donors (Lipinski definition) is 0. The highest BCUT2D eigenvalue weighted by atomic mass is 16.5. The fraction of sp³-hybridized carbons (Fsp3) is 0.857. The minimum atomic E-state index is -0.275. The van der Waals surface area contributed by atoms with Gasteiger partial charge in [-0.15, -0.1) is 0 Å². The van der Waals surface area contributed by atoms with E-state index in [9.17, 15) is 9.59 Å². The molecule has 1 aliphatic rings. The number of hydrogen-bond acceptors (Lipinski definition) is 4. The zero-order valence-corrected chi connectivity index (χ0v) is 12.2. The van der Waals surface area contributed by atoms with Gasteiger partial charge in [0.05, 0.1) is 7.11 Å². The lowest BCUT2D eigenvalue weighted by atomic mass is 9.95. The topological polar surface area (TPSA) is 55.8 Å². The molecule has 0 radical (unpaired) electrons. The Morgan fingerprint density at radius 1 is 1.37 bits per heavy atom. The van der Waals surface area contributed by atoms with Crippen molar-refractivity contribution < 1.29 is 19.1 Å². The third kappa shape index (κ3) is 5.09. The Morgan fingerprint density at radius 2 is 2.11 bits per heavy atom. The largest absolute Gasteiger partial charge is 0.462 e. The maximum Gasteiger partial charge on any atom is 0.409 e. The van der Waals surface area contributed by atoms with Crippen LogP contribution in [0.5, 0.6) is 0 Å². The summed E-state index contributed by atoms with van der Waals surface area (Å²) in [5, 5.41) is 0. The number of carbonyl (C=O) groups is 2. The Bertz CT molecular complexity index is 306. The highest BCUT2D eigenvalue weighted by molar-refractivity contribution is 5.68. The van der Waals surface area contributed by atoms with Crippen molar-refractivity contribution in [3.8, 4) is 0 Å². The molecule has 0 aromatic carbocycles. The maximum atomic E-state index is 11.7. The van der Waals surface area contributed by atoms with Crippen molar-refractivity contribution in [1.29, 1.82) is 0 Å². The summed E-state index contributed by atoms with van der Waals surface area (Å²) in [6.45, 7) is 4.23. The second-order valence-electron chi connectivity index (χ2n) is 5.07. The first-order valence-corrected chi connectivity index (χ1v) is 7.10. The van der Waals surface area contributed by atoms with Crippen LogP contribution in [0.4, 0.5) is 4.79 Å². The number of esters is 1. The van der Waals surface area contributed by atoms with E-state index in [1.807, 2.05) is 0 Å². The summed E-state index contributed by atoms with van der Waals surface area (Å²) >= 11 is 0. The first-order chi connectivity index (χ1) is 9.08. The van der Waals surface area contributed by atoms with E-state index in [2.05, 4.69) is 6.92 Å². The third-order valence-electron chi connectivity index (χ3n) is 3.51. The molecule has 0 saturated carbocycles. The van der Waals surface area contributed by atoms with Crippen molar-refractivity contribution in [2.75, 3.05) is 13.7 Å². The summed E-state index contributed by atoms with van der Waals surface area (Å²) in [4.78, 5) is 24.6. The van der Waals surface area contributed by atoms with Gasteiger partial charge in [-0.05, 0) is 25.7 Å². The summed E-state index contributed by atoms with van der Waals surface area (Å²) in [6, 6.07) is 0.122. The highest BCUT2D eigenvalue weighted by Crippen LogP contribution is 2.24. The van der Waals surface area contributed by atoms with Crippen LogP contribution < -0.4 is 0 Å². The zero-order chi connectivity index (χ0) is 14.3. The van der Waals surface area contributed by atoms with Crippen molar-refractivity contribution in [2.45, 2.75) is 64.5 Å². The van der Waals surface area contributed by atoms with Crippen molar-refractivity contribution in [2.24, 2.45) is 0 Å². The highest BCUT2D eigenvalue weighted by Gasteiger charge is 2.30. The van der Waals surface area contributed by atoms with Crippen LogP contribution in [0, 0.1) is 0 Å². The first-order valence-electron chi connectivity index (χ1n) is 7.10. The van der Waals surface area contributed by atoms with Gasteiger partial charge in [0, 0.05) is 25.9 Å². The quantitative estimate of drug-likeness (QED) is 0.721. The molecule has 1 rings (SSSR count). The van der Waals surface area contributed by atoms with Crippen LogP contribution in [-0.2, 0) is 14.3 Å². The van der Waals surface area contributed by atoms with Crippen LogP contribution >= 0.6 is 0 Å². The van der Waals surface area contributed by atoms with Crippen LogP contribution in [0.25, 0.3) is 0 Å². The zero-order valence-electron chi connectivity index (χ0n) is 12.2. The Balaban J connectivity index is 2.62. The van der Waals surface area contributed by atoms with Crippen LogP contribution in [0.1, 0.15) is 52.4 Å². The average molecular weight is 271 g/mol. The second-order valence-corrected chi connectivity index (χ2v) is 5.07. The molecule has 2 atom stereocenters. The fourth-order valence-electron chi connectivity index (χ4n) is 2.69. The van der Waals surface area contributed by atoms with Gasteiger partial charge in [-0.3, -0.25) is 4.79 Å². The van der Waals surface area contributed by atoms with Crippen LogP contribution in [0.15, 0.2) is 0 Å². The number of amides is 1. The molecule has 0 N–H and O–H groups in total. The maximum absolute atomic E-state index is 11.7. The Kier molecular flexibility index (Phi) is 6.67. The van der Waals surface area contributed by atoms with Crippen molar-refractivity contribution in [1.82, 2.24) is 4.90 Å². The van der Waals surface area contributed by atoms with Crippen molar-refractivity contribution >= 4 is 12.1 Å². The number of rotatable bonds is 5. The van der Waals surface area contributed by atoms with E-state index in [0.29, 0.717) is 6.42 Å².